The van der Waals surface area contributed by atoms with Crippen LogP contribution in [0.15, 0.2) is 17.5 Å². The van der Waals surface area contributed by atoms with Gasteiger partial charge in [-0.25, -0.2) is 0 Å². The lowest BCUT2D eigenvalue weighted by molar-refractivity contribution is -0.142. The highest BCUT2D eigenvalue weighted by Crippen LogP contribution is 2.40. The number of likely N-dealkylation sites (tertiary alicyclic amines) is 1. The van der Waals surface area contributed by atoms with Crippen LogP contribution in [-0.2, 0) is 4.79 Å². The first-order chi connectivity index (χ1) is 7.61. The van der Waals surface area contributed by atoms with Crippen LogP contribution in [0.2, 0.25) is 0 Å². The molecule has 0 amide bonds. The summed E-state index contributed by atoms with van der Waals surface area (Å²) in [4.78, 5) is 14.7. The lowest BCUT2D eigenvalue weighted by atomic mass is 9.99. The van der Waals surface area contributed by atoms with Gasteiger partial charge >= 0.3 is 5.97 Å². The van der Waals surface area contributed by atoms with Crippen molar-refractivity contribution in [3.63, 3.8) is 0 Å². The summed E-state index contributed by atoms with van der Waals surface area (Å²) in [6, 6.07) is 4.51. The van der Waals surface area contributed by atoms with Crippen molar-refractivity contribution in [1.82, 2.24) is 4.90 Å². The van der Waals surface area contributed by atoms with E-state index in [0.29, 0.717) is 6.04 Å². The van der Waals surface area contributed by atoms with Gasteiger partial charge in [0.1, 0.15) is 0 Å². The Morgan fingerprint density at radius 2 is 2.38 bits per heavy atom. The minimum atomic E-state index is -0.665. The second kappa shape index (κ2) is 4.55. The number of aliphatic carboxylic acids is 1. The third kappa shape index (κ3) is 1.99. The van der Waals surface area contributed by atoms with Crippen molar-refractivity contribution >= 4 is 17.3 Å². The average molecular weight is 239 g/mol. The van der Waals surface area contributed by atoms with Crippen LogP contribution in [0.1, 0.15) is 31.2 Å². The largest absolute Gasteiger partial charge is 0.481 e. The van der Waals surface area contributed by atoms with Crippen molar-refractivity contribution in [3.8, 4) is 0 Å². The van der Waals surface area contributed by atoms with Crippen LogP contribution >= 0.6 is 11.3 Å². The van der Waals surface area contributed by atoms with Crippen LogP contribution in [0.4, 0.5) is 0 Å². The standard InChI is InChI=1S/C12H17NO2S/c1-8(2)13-6-5-9(12(14)15)11(13)10-4-3-7-16-10/h3-4,7-9,11H,5-6H2,1-2H3,(H,14,15)/t9-,11-/m0/s1. The number of carbonyl (C=O) groups is 1. The minimum Gasteiger partial charge on any atom is -0.481 e. The van der Waals surface area contributed by atoms with Gasteiger partial charge in [-0.2, -0.15) is 0 Å². The van der Waals surface area contributed by atoms with Gasteiger partial charge < -0.3 is 5.11 Å². The summed E-state index contributed by atoms with van der Waals surface area (Å²) in [5.41, 5.74) is 0. The monoisotopic (exact) mass is 239 g/mol. The van der Waals surface area contributed by atoms with E-state index >= 15 is 0 Å². The molecule has 4 heteroatoms. The molecule has 0 spiro atoms. The van der Waals surface area contributed by atoms with Crippen molar-refractivity contribution in [2.24, 2.45) is 5.92 Å². The maximum absolute atomic E-state index is 11.3. The van der Waals surface area contributed by atoms with E-state index in [1.807, 2.05) is 17.5 Å². The van der Waals surface area contributed by atoms with Gasteiger partial charge in [0.15, 0.2) is 0 Å². The Labute approximate surface area is 99.7 Å². The molecule has 1 fully saturated rings. The van der Waals surface area contributed by atoms with Crippen LogP contribution < -0.4 is 0 Å². The van der Waals surface area contributed by atoms with Gasteiger partial charge in [0.05, 0.1) is 12.0 Å². The summed E-state index contributed by atoms with van der Waals surface area (Å²) in [6.45, 7) is 5.15. The predicted octanol–water partition coefficient (Wildman–Crippen LogP) is 2.60. The quantitative estimate of drug-likeness (QED) is 0.881. The highest BCUT2D eigenvalue weighted by molar-refractivity contribution is 7.10. The summed E-state index contributed by atoms with van der Waals surface area (Å²) in [5, 5.41) is 11.3. The lowest BCUT2D eigenvalue weighted by Gasteiger charge is -2.29. The Morgan fingerprint density at radius 3 is 2.88 bits per heavy atom. The molecule has 16 heavy (non-hydrogen) atoms. The van der Waals surface area contributed by atoms with Gasteiger partial charge in [-0.1, -0.05) is 6.07 Å². The normalized spacial score (nSPS) is 26.4. The number of hydrogen-bond donors (Lipinski definition) is 1. The van der Waals surface area contributed by atoms with Crippen LogP contribution in [0.25, 0.3) is 0 Å². The molecule has 88 valence electrons. The Bertz CT molecular complexity index is 361. The molecule has 1 N–H and O–H groups in total. The summed E-state index contributed by atoms with van der Waals surface area (Å²) in [5.74, 6) is -0.914. The SMILES string of the molecule is CC(C)N1CC[C@H](C(=O)O)[C@H]1c1cccs1. The Morgan fingerprint density at radius 1 is 1.62 bits per heavy atom. The third-order valence-electron chi connectivity index (χ3n) is 3.25. The summed E-state index contributed by atoms with van der Waals surface area (Å²) in [7, 11) is 0. The average Bonchev–Trinajstić information content (AvgIpc) is 2.85. The van der Waals surface area contributed by atoms with Gasteiger partial charge in [-0.15, -0.1) is 11.3 Å². The second-order valence-corrected chi connectivity index (χ2v) is 5.50. The topological polar surface area (TPSA) is 40.5 Å². The summed E-state index contributed by atoms with van der Waals surface area (Å²) < 4.78 is 0. The Hall–Kier alpha value is -0.870. The highest BCUT2D eigenvalue weighted by atomic mass is 32.1. The maximum Gasteiger partial charge on any atom is 0.308 e. The number of hydrogen-bond acceptors (Lipinski definition) is 3. The molecule has 1 aromatic rings. The number of thiophene rings is 1. The molecule has 2 heterocycles. The fourth-order valence-electron chi connectivity index (χ4n) is 2.48. The van der Waals surface area contributed by atoms with Gasteiger partial charge in [-0.05, 0) is 38.3 Å². The van der Waals surface area contributed by atoms with Crippen molar-refractivity contribution in [3.05, 3.63) is 22.4 Å². The van der Waals surface area contributed by atoms with E-state index in [2.05, 4.69) is 18.7 Å². The first-order valence-electron chi connectivity index (χ1n) is 5.63. The summed E-state index contributed by atoms with van der Waals surface area (Å²) in [6.07, 6.45) is 0.760. The number of nitrogens with zero attached hydrogens (tertiary/aromatic N) is 1. The predicted molar refractivity (Wildman–Crippen MR) is 64.6 cm³/mol. The molecule has 0 aliphatic carbocycles. The van der Waals surface area contributed by atoms with Crippen molar-refractivity contribution in [2.75, 3.05) is 6.54 Å². The minimum absolute atomic E-state index is 0.0671. The van der Waals surface area contributed by atoms with Crippen LogP contribution in [0, 0.1) is 5.92 Å². The molecule has 1 aromatic heterocycles. The Kier molecular flexibility index (Phi) is 3.30. The number of rotatable bonds is 3. The van der Waals surface area contributed by atoms with E-state index in [0.717, 1.165) is 13.0 Å². The fraction of sp³-hybridized carbons (Fsp3) is 0.583. The highest BCUT2D eigenvalue weighted by Gasteiger charge is 2.41. The first-order valence-corrected chi connectivity index (χ1v) is 6.51. The van der Waals surface area contributed by atoms with Crippen LogP contribution in [0.5, 0.6) is 0 Å². The molecule has 0 saturated carbocycles. The molecular formula is C12H17NO2S. The third-order valence-corrected chi connectivity index (χ3v) is 4.19. The molecule has 0 radical (unpaired) electrons. The van der Waals surface area contributed by atoms with Crippen LogP contribution in [0.3, 0.4) is 0 Å². The molecule has 1 aliphatic rings. The second-order valence-electron chi connectivity index (χ2n) is 4.53. The van der Waals surface area contributed by atoms with E-state index in [4.69, 9.17) is 0 Å². The molecule has 0 unspecified atom stereocenters. The first kappa shape index (κ1) is 11.6. The van der Waals surface area contributed by atoms with E-state index < -0.39 is 5.97 Å². The molecule has 2 atom stereocenters. The van der Waals surface area contributed by atoms with Gasteiger partial charge in [0.25, 0.3) is 0 Å². The zero-order chi connectivity index (χ0) is 11.7. The van der Waals surface area contributed by atoms with E-state index in [-0.39, 0.29) is 12.0 Å². The van der Waals surface area contributed by atoms with Crippen molar-refractivity contribution in [1.29, 1.82) is 0 Å². The molecule has 1 saturated heterocycles. The molecule has 3 nitrogen and oxygen atoms in total. The van der Waals surface area contributed by atoms with Crippen LogP contribution in [-0.4, -0.2) is 28.6 Å². The van der Waals surface area contributed by atoms with Gasteiger partial charge in [0, 0.05) is 10.9 Å². The number of carboxylic acids is 1. The molecule has 1 aliphatic heterocycles. The van der Waals surface area contributed by atoms with Gasteiger partial charge in [0.2, 0.25) is 0 Å². The smallest absolute Gasteiger partial charge is 0.308 e. The Balaban J connectivity index is 2.29. The molecule has 0 bridgehead atoms. The van der Waals surface area contributed by atoms with Crippen molar-refractivity contribution in [2.45, 2.75) is 32.4 Å². The lowest BCUT2D eigenvalue weighted by Crippen LogP contribution is -2.33. The van der Waals surface area contributed by atoms with Crippen molar-refractivity contribution < 1.29 is 9.90 Å². The van der Waals surface area contributed by atoms with Gasteiger partial charge in [-0.3, -0.25) is 9.69 Å². The zero-order valence-corrected chi connectivity index (χ0v) is 10.4. The fourth-order valence-corrected chi connectivity index (χ4v) is 3.39. The molecule has 0 aromatic carbocycles. The number of carboxylic acid groups (broad SMARTS) is 1. The maximum atomic E-state index is 11.3. The van der Waals surface area contributed by atoms with E-state index in [1.165, 1.54) is 4.88 Å². The van der Waals surface area contributed by atoms with E-state index in [9.17, 15) is 9.90 Å². The molecule has 2 rings (SSSR count). The van der Waals surface area contributed by atoms with E-state index in [1.54, 1.807) is 11.3 Å². The molecular weight excluding hydrogens is 222 g/mol. The zero-order valence-electron chi connectivity index (χ0n) is 9.59. The summed E-state index contributed by atoms with van der Waals surface area (Å²) >= 11 is 1.66.